The van der Waals surface area contributed by atoms with E-state index in [9.17, 15) is 17.6 Å². The van der Waals surface area contributed by atoms with Gasteiger partial charge < -0.3 is 0 Å². The van der Waals surface area contributed by atoms with Gasteiger partial charge in [-0.2, -0.15) is 0 Å². The van der Waals surface area contributed by atoms with E-state index < -0.39 is 28.8 Å². The van der Waals surface area contributed by atoms with Crippen molar-refractivity contribution >= 4 is 0 Å². The van der Waals surface area contributed by atoms with E-state index in [0.717, 1.165) is 0 Å². The molecule has 24 heavy (non-hydrogen) atoms. The van der Waals surface area contributed by atoms with E-state index >= 15 is 0 Å². The molecule has 119 valence electrons. The Hall–Kier alpha value is -1.66. The van der Waals surface area contributed by atoms with Crippen LogP contribution in [0, 0.1) is 23.3 Å². The van der Waals surface area contributed by atoms with Gasteiger partial charge in [-0.05, 0) is 23.8 Å². The summed E-state index contributed by atoms with van der Waals surface area (Å²) in [5, 5.41) is 0. The second-order valence-corrected chi connectivity index (χ2v) is 4.85. The Morgan fingerprint density at radius 1 is 0.792 bits per heavy atom. The number of hydrogen-bond donors (Lipinski definition) is 0. The molecule has 3 aromatic rings. The first-order valence-electron chi connectivity index (χ1n) is 6.75. The molecular formula is C17H10F4N2Y. The van der Waals surface area contributed by atoms with Crippen molar-refractivity contribution in [3.8, 4) is 11.4 Å². The van der Waals surface area contributed by atoms with Crippen molar-refractivity contribution in [1.29, 1.82) is 0 Å². The van der Waals surface area contributed by atoms with Gasteiger partial charge in [-0.15, -0.1) is 0 Å². The molecule has 0 aliphatic rings. The number of pyridine rings is 2. The summed E-state index contributed by atoms with van der Waals surface area (Å²) in [6, 6.07) is 8.49. The summed E-state index contributed by atoms with van der Waals surface area (Å²) in [6.07, 6.45) is 2.72. The summed E-state index contributed by atoms with van der Waals surface area (Å²) in [7, 11) is 0. The molecule has 0 bridgehead atoms. The van der Waals surface area contributed by atoms with Crippen molar-refractivity contribution in [2.45, 2.75) is 6.42 Å². The predicted octanol–water partition coefficient (Wildman–Crippen LogP) is 4.29. The molecule has 1 radical (unpaired) electrons. The largest absolute Gasteiger partial charge is 0.255 e. The number of benzene rings is 1. The Morgan fingerprint density at radius 3 is 2.08 bits per heavy atom. The van der Waals surface area contributed by atoms with Crippen molar-refractivity contribution in [3.63, 3.8) is 0 Å². The van der Waals surface area contributed by atoms with Gasteiger partial charge in [0, 0.05) is 63.2 Å². The molecule has 0 aliphatic carbocycles. The van der Waals surface area contributed by atoms with Crippen molar-refractivity contribution in [3.05, 3.63) is 83.2 Å². The van der Waals surface area contributed by atoms with E-state index in [1.807, 2.05) is 0 Å². The van der Waals surface area contributed by atoms with E-state index in [0.29, 0.717) is 17.0 Å². The Labute approximate surface area is 160 Å². The van der Waals surface area contributed by atoms with Crippen LogP contribution in [0.25, 0.3) is 11.4 Å². The SMILES string of the molecule is Fc1cc(F)c(F)c(Cc2cccnc2-c2ccccn2)c1F.[Y]. The third-order valence-corrected chi connectivity index (χ3v) is 3.37. The molecule has 0 saturated heterocycles. The van der Waals surface area contributed by atoms with Gasteiger partial charge in [0.1, 0.15) is 0 Å². The molecule has 7 heteroatoms. The summed E-state index contributed by atoms with van der Waals surface area (Å²) in [6.45, 7) is 0. The minimum absolute atomic E-state index is 0. The first-order valence-corrected chi connectivity index (χ1v) is 6.75. The summed E-state index contributed by atoms with van der Waals surface area (Å²) < 4.78 is 54.4. The van der Waals surface area contributed by atoms with E-state index in [1.165, 1.54) is 6.20 Å². The molecule has 1 aromatic carbocycles. The van der Waals surface area contributed by atoms with Crippen LogP contribution in [-0.4, -0.2) is 9.97 Å². The number of nitrogens with zero attached hydrogens (tertiary/aromatic N) is 2. The molecular weight excluding hydrogens is 397 g/mol. The average Bonchev–Trinajstić information content (AvgIpc) is 2.58. The van der Waals surface area contributed by atoms with Gasteiger partial charge in [0.25, 0.3) is 0 Å². The molecule has 3 rings (SSSR count). The monoisotopic (exact) mass is 407 g/mol. The number of halogens is 4. The normalized spacial score (nSPS) is 10.3. The summed E-state index contributed by atoms with van der Waals surface area (Å²) in [5.74, 6) is -5.66. The van der Waals surface area contributed by atoms with Crippen LogP contribution in [0.2, 0.25) is 0 Å². The molecule has 0 atom stereocenters. The van der Waals surface area contributed by atoms with E-state index in [1.54, 1.807) is 36.5 Å². The molecule has 0 fully saturated rings. The van der Waals surface area contributed by atoms with Crippen molar-refractivity contribution in [1.82, 2.24) is 9.97 Å². The second-order valence-electron chi connectivity index (χ2n) is 4.85. The summed E-state index contributed by atoms with van der Waals surface area (Å²) in [5.41, 5.74) is 0.638. The van der Waals surface area contributed by atoms with Gasteiger partial charge in [-0.3, -0.25) is 9.97 Å². The predicted molar refractivity (Wildman–Crippen MR) is 76.5 cm³/mol. The first kappa shape index (κ1) is 18.7. The van der Waals surface area contributed by atoms with E-state index in [4.69, 9.17) is 0 Å². The zero-order chi connectivity index (χ0) is 16.4. The van der Waals surface area contributed by atoms with Crippen molar-refractivity contribution in [2.24, 2.45) is 0 Å². The Bertz CT molecular complexity index is 830. The van der Waals surface area contributed by atoms with Crippen molar-refractivity contribution < 1.29 is 50.3 Å². The maximum absolute atomic E-state index is 13.8. The van der Waals surface area contributed by atoms with E-state index in [-0.39, 0.29) is 45.2 Å². The molecule has 2 aromatic heterocycles. The van der Waals surface area contributed by atoms with Crippen LogP contribution in [0.15, 0.2) is 48.8 Å². The summed E-state index contributed by atoms with van der Waals surface area (Å²) >= 11 is 0. The van der Waals surface area contributed by atoms with Crippen LogP contribution in [-0.2, 0) is 39.1 Å². The summed E-state index contributed by atoms with van der Waals surface area (Å²) in [4.78, 5) is 8.29. The van der Waals surface area contributed by atoms with Gasteiger partial charge in [0.15, 0.2) is 23.3 Å². The molecule has 0 N–H and O–H groups in total. The fourth-order valence-electron chi connectivity index (χ4n) is 2.28. The molecule has 0 amide bonds. The maximum atomic E-state index is 13.8. The van der Waals surface area contributed by atoms with Crippen LogP contribution in [0.3, 0.4) is 0 Å². The number of hydrogen-bond acceptors (Lipinski definition) is 2. The number of rotatable bonds is 3. The minimum Gasteiger partial charge on any atom is -0.255 e. The van der Waals surface area contributed by atoms with Crippen LogP contribution in [0.1, 0.15) is 11.1 Å². The molecule has 0 saturated carbocycles. The quantitative estimate of drug-likeness (QED) is 0.479. The van der Waals surface area contributed by atoms with Crippen LogP contribution < -0.4 is 0 Å². The molecule has 0 spiro atoms. The topological polar surface area (TPSA) is 25.8 Å². The molecule has 0 unspecified atom stereocenters. The third kappa shape index (κ3) is 3.70. The molecule has 2 nitrogen and oxygen atoms in total. The van der Waals surface area contributed by atoms with Gasteiger partial charge in [0.2, 0.25) is 0 Å². The zero-order valence-electron chi connectivity index (χ0n) is 12.3. The Morgan fingerprint density at radius 2 is 1.46 bits per heavy atom. The number of aromatic nitrogens is 2. The van der Waals surface area contributed by atoms with Gasteiger partial charge in [-0.25, -0.2) is 17.6 Å². The van der Waals surface area contributed by atoms with Gasteiger partial charge in [0.05, 0.1) is 11.4 Å². The molecule has 0 aliphatic heterocycles. The Kier molecular flexibility index (Phi) is 6.18. The third-order valence-electron chi connectivity index (χ3n) is 3.37. The van der Waals surface area contributed by atoms with Crippen molar-refractivity contribution in [2.75, 3.05) is 0 Å². The fraction of sp³-hybridized carbons (Fsp3) is 0.0588. The second kappa shape index (κ2) is 7.95. The maximum Gasteiger partial charge on any atom is 0.165 e. The van der Waals surface area contributed by atoms with Crippen LogP contribution in [0.4, 0.5) is 17.6 Å². The van der Waals surface area contributed by atoms with Crippen LogP contribution >= 0.6 is 0 Å². The smallest absolute Gasteiger partial charge is 0.165 e. The van der Waals surface area contributed by atoms with Crippen LogP contribution in [0.5, 0.6) is 0 Å². The Balaban J connectivity index is 0.00000208. The minimum atomic E-state index is -1.43. The average molecular weight is 407 g/mol. The van der Waals surface area contributed by atoms with E-state index in [2.05, 4.69) is 9.97 Å². The first-order chi connectivity index (χ1) is 11.1. The van der Waals surface area contributed by atoms with Gasteiger partial charge in [-0.1, -0.05) is 12.1 Å². The molecule has 2 heterocycles. The zero-order valence-corrected chi connectivity index (χ0v) is 15.1. The fourth-order valence-corrected chi connectivity index (χ4v) is 2.28. The van der Waals surface area contributed by atoms with Gasteiger partial charge >= 0.3 is 0 Å². The standard InChI is InChI=1S/C17H10F4N2.Y/c18-12-9-13(19)16(21)11(15(12)20)8-10-4-3-7-23-17(10)14-5-1-2-6-22-14;/h1-7,9H,8H2;.